The van der Waals surface area contributed by atoms with Gasteiger partial charge in [0.1, 0.15) is 17.0 Å². The molecule has 3 N–H and O–H groups in total. The van der Waals surface area contributed by atoms with E-state index in [1.165, 1.54) is 0 Å². The van der Waals surface area contributed by atoms with Gasteiger partial charge in [0, 0.05) is 61.8 Å². The van der Waals surface area contributed by atoms with Gasteiger partial charge >= 0.3 is 0 Å². The first-order chi connectivity index (χ1) is 17.6. The summed E-state index contributed by atoms with van der Waals surface area (Å²) in [4.78, 5) is 22.9. The standard InChI is InChI=1S/C26H31N7O3/c1-27-23-13-22(21-15-32(17-7-10-36-11-8-17)24-19(21)6-3-9-28-24)31-25-20(14-29-33(23)25)26(35)30-16-4-2-5-18(34)12-16/h3,6,9,13-18,27,34H,2,4-5,7-8,10-12H2,1H3,(H,30,35). The van der Waals surface area contributed by atoms with Gasteiger partial charge in [0.25, 0.3) is 5.91 Å². The van der Waals surface area contributed by atoms with Crippen molar-refractivity contribution in [2.45, 2.75) is 56.7 Å². The Hall–Kier alpha value is -3.50. The number of amides is 1. The smallest absolute Gasteiger partial charge is 0.256 e. The number of aliphatic hydroxyl groups excluding tert-OH is 1. The number of hydrogen-bond acceptors (Lipinski definition) is 7. The summed E-state index contributed by atoms with van der Waals surface area (Å²) in [5.74, 6) is 0.514. The van der Waals surface area contributed by atoms with Crippen LogP contribution in [0.2, 0.25) is 0 Å². The first-order valence-corrected chi connectivity index (χ1v) is 12.7. The van der Waals surface area contributed by atoms with Crippen molar-refractivity contribution in [2.24, 2.45) is 0 Å². The number of carbonyl (C=O) groups is 1. The molecule has 1 aliphatic heterocycles. The van der Waals surface area contributed by atoms with Crippen molar-refractivity contribution in [3.05, 3.63) is 42.4 Å². The number of nitrogens with one attached hydrogen (secondary N) is 2. The highest BCUT2D eigenvalue weighted by molar-refractivity contribution is 6.01. The molecule has 0 aromatic carbocycles. The lowest BCUT2D eigenvalue weighted by atomic mass is 9.93. The molecule has 2 atom stereocenters. The van der Waals surface area contributed by atoms with Crippen molar-refractivity contribution in [3.8, 4) is 11.3 Å². The Labute approximate surface area is 208 Å². The minimum Gasteiger partial charge on any atom is -0.393 e. The molecule has 1 aliphatic carbocycles. The molecule has 188 valence electrons. The summed E-state index contributed by atoms with van der Waals surface area (Å²) < 4.78 is 9.48. The van der Waals surface area contributed by atoms with Crippen molar-refractivity contribution in [2.75, 3.05) is 25.6 Å². The maximum atomic E-state index is 13.2. The van der Waals surface area contributed by atoms with Gasteiger partial charge in [-0.1, -0.05) is 0 Å². The molecule has 6 rings (SSSR count). The Balaban J connectivity index is 1.42. The number of nitrogens with zero attached hydrogens (tertiary/aromatic N) is 5. The molecule has 0 bridgehead atoms. The van der Waals surface area contributed by atoms with E-state index >= 15 is 0 Å². The SMILES string of the molecule is CNc1cc(-c2cn(C3CCOCC3)c3ncccc23)nc2c(C(=O)NC3CCCC(O)C3)cnn12. The van der Waals surface area contributed by atoms with Gasteiger partial charge in [-0.3, -0.25) is 4.79 Å². The zero-order chi connectivity index (χ0) is 24.6. The van der Waals surface area contributed by atoms with Crippen molar-refractivity contribution in [3.63, 3.8) is 0 Å². The fourth-order valence-corrected chi connectivity index (χ4v) is 5.53. The average Bonchev–Trinajstić information content (AvgIpc) is 3.51. The monoisotopic (exact) mass is 489 g/mol. The van der Waals surface area contributed by atoms with Crippen molar-refractivity contribution in [1.29, 1.82) is 0 Å². The lowest BCUT2D eigenvalue weighted by molar-refractivity contribution is 0.0706. The van der Waals surface area contributed by atoms with Crippen LogP contribution >= 0.6 is 0 Å². The number of carbonyl (C=O) groups excluding carboxylic acids is 1. The molecule has 2 unspecified atom stereocenters. The Morgan fingerprint density at radius 2 is 2.06 bits per heavy atom. The van der Waals surface area contributed by atoms with Crippen LogP contribution in [0.3, 0.4) is 0 Å². The third kappa shape index (κ3) is 4.10. The Kier molecular flexibility index (Phi) is 6.06. The predicted octanol–water partition coefficient (Wildman–Crippen LogP) is 3.17. The second kappa shape index (κ2) is 9.51. The number of aromatic nitrogens is 5. The van der Waals surface area contributed by atoms with Crippen LogP contribution in [0, 0.1) is 0 Å². The third-order valence-electron chi connectivity index (χ3n) is 7.40. The maximum absolute atomic E-state index is 13.2. The molecule has 5 heterocycles. The molecule has 1 amide bonds. The largest absolute Gasteiger partial charge is 0.393 e. The summed E-state index contributed by atoms with van der Waals surface area (Å²) >= 11 is 0. The van der Waals surface area contributed by atoms with Crippen LogP contribution in [-0.2, 0) is 4.74 Å². The van der Waals surface area contributed by atoms with E-state index in [0.717, 1.165) is 73.4 Å². The summed E-state index contributed by atoms with van der Waals surface area (Å²) in [5, 5.41) is 21.7. The molecule has 2 fully saturated rings. The number of hydrogen-bond donors (Lipinski definition) is 3. The highest BCUT2D eigenvalue weighted by Crippen LogP contribution is 2.34. The minimum atomic E-state index is -0.366. The molecule has 2 aliphatic rings. The zero-order valence-corrected chi connectivity index (χ0v) is 20.4. The number of aliphatic hydroxyl groups is 1. The fourth-order valence-electron chi connectivity index (χ4n) is 5.53. The van der Waals surface area contributed by atoms with Gasteiger partial charge < -0.3 is 25.0 Å². The van der Waals surface area contributed by atoms with Crippen LogP contribution < -0.4 is 10.6 Å². The van der Waals surface area contributed by atoms with Gasteiger partial charge in [0.05, 0.1) is 18.0 Å². The molecular formula is C26H31N7O3. The summed E-state index contributed by atoms with van der Waals surface area (Å²) in [7, 11) is 1.83. The fraction of sp³-hybridized carbons (Fsp3) is 0.462. The number of fused-ring (bicyclic) bond motifs is 2. The van der Waals surface area contributed by atoms with Crippen LogP contribution in [0.1, 0.15) is 54.9 Å². The zero-order valence-electron chi connectivity index (χ0n) is 20.4. The van der Waals surface area contributed by atoms with Crippen molar-refractivity contribution >= 4 is 28.4 Å². The lowest BCUT2D eigenvalue weighted by Gasteiger charge is -2.26. The Morgan fingerprint density at radius 3 is 2.86 bits per heavy atom. The van der Waals surface area contributed by atoms with Crippen LogP contribution in [-0.4, -0.2) is 67.6 Å². The number of rotatable bonds is 5. The highest BCUT2D eigenvalue weighted by Gasteiger charge is 2.26. The Morgan fingerprint density at radius 1 is 1.19 bits per heavy atom. The third-order valence-corrected chi connectivity index (χ3v) is 7.40. The highest BCUT2D eigenvalue weighted by atomic mass is 16.5. The first-order valence-electron chi connectivity index (χ1n) is 12.7. The van der Waals surface area contributed by atoms with Crippen LogP contribution in [0.25, 0.3) is 27.9 Å². The van der Waals surface area contributed by atoms with Gasteiger partial charge in [-0.2, -0.15) is 9.61 Å². The number of anilines is 1. The van der Waals surface area contributed by atoms with E-state index in [-0.39, 0.29) is 18.1 Å². The molecule has 0 radical (unpaired) electrons. The number of pyridine rings is 1. The minimum absolute atomic E-state index is 0.0494. The molecule has 1 saturated carbocycles. The predicted molar refractivity (Wildman–Crippen MR) is 136 cm³/mol. The van der Waals surface area contributed by atoms with E-state index in [2.05, 4.69) is 32.6 Å². The maximum Gasteiger partial charge on any atom is 0.256 e. The van der Waals surface area contributed by atoms with Gasteiger partial charge in [-0.15, -0.1) is 0 Å². The Bertz CT molecular complexity index is 1410. The molecule has 4 aromatic rings. The van der Waals surface area contributed by atoms with Crippen molar-refractivity contribution in [1.82, 2.24) is 29.5 Å². The lowest BCUT2D eigenvalue weighted by Crippen LogP contribution is -2.39. The first kappa shape index (κ1) is 22.9. The summed E-state index contributed by atoms with van der Waals surface area (Å²) in [5.41, 5.74) is 3.54. The van der Waals surface area contributed by atoms with E-state index in [1.54, 1.807) is 10.7 Å². The van der Waals surface area contributed by atoms with E-state index in [0.29, 0.717) is 23.7 Å². The van der Waals surface area contributed by atoms with E-state index in [9.17, 15) is 9.90 Å². The molecule has 1 saturated heterocycles. The second-order valence-corrected chi connectivity index (χ2v) is 9.73. The van der Waals surface area contributed by atoms with Crippen LogP contribution in [0.15, 0.2) is 36.8 Å². The molecule has 0 spiro atoms. The van der Waals surface area contributed by atoms with E-state index < -0.39 is 0 Å². The van der Waals surface area contributed by atoms with Crippen LogP contribution in [0.5, 0.6) is 0 Å². The van der Waals surface area contributed by atoms with E-state index in [1.807, 2.05) is 25.4 Å². The molecule has 4 aromatic heterocycles. The van der Waals surface area contributed by atoms with Gasteiger partial charge in [0.15, 0.2) is 5.65 Å². The normalized spacial score (nSPS) is 21.2. The molecule has 10 heteroatoms. The van der Waals surface area contributed by atoms with Crippen LogP contribution in [0.4, 0.5) is 5.82 Å². The average molecular weight is 490 g/mol. The quantitative estimate of drug-likeness (QED) is 0.394. The number of ether oxygens (including phenoxy) is 1. The molecule has 10 nitrogen and oxygen atoms in total. The summed E-state index contributed by atoms with van der Waals surface area (Å²) in [6.45, 7) is 1.49. The summed E-state index contributed by atoms with van der Waals surface area (Å²) in [6, 6.07) is 6.23. The van der Waals surface area contributed by atoms with Gasteiger partial charge in [0.2, 0.25) is 0 Å². The topological polar surface area (TPSA) is 119 Å². The molecular weight excluding hydrogens is 458 g/mol. The second-order valence-electron chi connectivity index (χ2n) is 9.73. The van der Waals surface area contributed by atoms with Gasteiger partial charge in [-0.05, 0) is 50.7 Å². The van der Waals surface area contributed by atoms with Crippen molar-refractivity contribution < 1.29 is 14.6 Å². The molecule has 36 heavy (non-hydrogen) atoms. The van der Waals surface area contributed by atoms with E-state index in [4.69, 9.17) is 14.7 Å². The summed E-state index contributed by atoms with van der Waals surface area (Å²) in [6.07, 6.45) is 10.2. The van der Waals surface area contributed by atoms with Gasteiger partial charge in [-0.25, -0.2) is 9.97 Å².